The Bertz CT molecular complexity index is 1940. The van der Waals surface area contributed by atoms with Crippen molar-refractivity contribution in [2.45, 2.75) is 79.1 Å². The molecule has 2 aliphatic heterocycles. The lowest BCUT2D eigenvalue weighted by Gasteiger charge is -2.16. The normalized spacial score (nSPS) is 16.4. The first-order chi connectivity index (χ1) is 21.2. The van der Waals surface area contributed by atoms with Crippen molar-refractivity contribution in [1.29, 1.82) is 0 Å². The number of esters is 1. The Labute approximate surface area is 259 Å². The smallest absolute Gasteiger partial charge is 0.305 e. The molecule has 0 amide bonds. The topological polar surface area (TPSA) is 83.7 Å². The fourth-order valence-corrected chi connectivity index (χ4v) is 7.06. The van der Waals surface area contributed by atoms with Crippen LogP contribution in [0.1, 0.15) is 103 Å². The molecular weight excluding hydrogens is 544 g/mol. The molecule has 44 heavy (non-hydrogen) atoms. The molecule has 0 spiro atoms. The molecule has 4 aromatic rings. The van der Waals surface area contributed by atoms with Crippen LogP contribution in [0.25, 0.3) is 33.2 Å². The summed E-state index contributed by atoms with van der Waals surface area (Å²) in [6.07, 6.45) is 2.72. The molecule has 2 N–H and O–H groups in total. The first kappa shape index (κ1) is 29.6. The lowest BCUT2D eigenvalue weighted by atomic mass is 9.85. The Morgan fingerprint density at radius 1 is 0.795 bits per heavy atom. The predicted octanol–water partition coefficient (Wildman–Crippen LogP) is 8.88. The van der Waals surface area contributed by atoms with E-state index in [-0.39, 0.29) is 17.8 Å². The van der Waals surface area contributed by atoms with Crippen molar-refractivity contribution in [2.75, 3.05) is 7.11 Å². The monoisotopic (exact) mass is 586 g/mol. The minimum atomic E-state index is -0.215. The second-order valence-electron chi connectivity index (χ2n) is 12.1. The number of nitrogens with one attached hydrogen (secondary N) is 2. The maximum Gasteiger partial charge on any atom is 0.305 e. The van der Waals surface area contributed by atoms with Gasteiger partial charge in [-0.3, -0.25) is 9.78 Å². The average molecular weight is 587 g/mol. The number of hydrogen-bond donors (Lipinski definition) is 2. The Kier molecular flexibility index (Phi) is 8.02. The van der Waals surface area contributed by atoms with Crippen LogP contribution in [0.3, 0.4) is 0 Å². The maximum absolute atomic E-state index is 12.2. The van der Waals surface area contributed by atoms with Gasteiger partial charge in [-0.15, -0.1) is 0 Å². The third-order valence-electron chi connectivity index (χ3n) is 9.65. The molecule has 6 nitrogen and oxygen atoms in total. The standard InChI is InChI=1S/C38H42N4O2/c1-8-26-21(3)29-17-31-23(5)28(15-16-37(43)44-7)35(41-31)20-36-38(25-13-11-10-12-14-25)24(6)32(42-36)18-30-22(4)27(9-2)34(40-30)19-33(26)39-29/h10-14,17-20,24,38,40-41H,8-9,15-16H2,1-7H3/t24-,38-/m0/s1. The summed E-state index contributed by atoms with van der Waals surface area (Å²) in [5.41, 5.74) is 16.8. The minimum absolute atomic E-state index is 0.0998. The number of aryl methyl sites for hydroxylation is 4. The molecule has 0 saturated heterocycles. The van der Waals surface area contributed by atoms with Crippen LogP contribution in [0.5, 0.6) is 0 Å². The van der Waals surface area contributed by atoms with Crippen LogP contribution >= 0.6 is 0 Å². The Morgan fingerprint density at radius 3 is 2.11 bits per heavy atom. The van der Waals surface area contributed by atoms with Gasteiger partial charge in [0.2, 0.25) is 0 Å². The van der Waals surface area contributed by atoms with Gasteiger partial charge in [-0.2, -0.15) is 0 Å². The van der Waals surface area contributed by atoms with Crippen molar-refractivity contribution >= 4 is 39.2 Å². The number of fused-ring (bicyclic) bond motifs is 8. The van der Waals surface area contributed by atoms with Crippen LogP contribution < -0.4 is 0 Å². The molecule has 6 heteroatoms. The van der Waals surface area contributed by atoms with E-state index in [0.717, 1.165) is 68.8 Å². The number of carbonyl (C=O) groups excluding carboxylic acids is 1. The lowest BCUT2D eigenvalue weighted by molar-refractivity contribution is -0.140. The summed E-state index contributed by atoms with van der Waals surface area (Å²) >= 11 is 0. The number of aromatic nitrogens is 4. The number of benzene rings is 1. The summed E-state index contributed by atoms with van der Waals surface area (Å²) in [5, 5.41) is 0. The molecule has 0 fully saturated rings. The van der Waals surface area contributed by atoms with Gasteiger partial charge in [0.1, 0.15) is 0 Å². The molecule has 5 heterocycles. The number of nitrogens with zero attached hydrogens (tertiary/aromatic N) is 2. The highest BCUT2D eigenvalue weighted by Crippen LogP contribution is 2.42. The number of aromatic amines is 2. The zero-order chi connectivity index (χ0) is 31.1. The van der Waals surface area contributed by atoms with Crippen molar-refractivity contribution in [3.8, 4) is 0 Å². The molecular formula is C38H42N4O2. The molecule has 3 aromatic heterocycles. The van der Waals surface area contributed by atoms with Gasteiger partial charge in [0.05, 0.1) is 24.2 Å². The molecule has 6 rings (SSSR count). The fourth-order valence-electron chi connectivity index (χ4n) is 7.06. The Balaban J connectivity index is 1.73. The van der Waals surface area contributed by atoms with Crippen LogP contribution in [-0.4, -0.2) is 33.0 Å². The second kappa shape index (κ2) is 11.9. The van der Waals surface area contributed by atoms with E-state index in [1.165, 1.54) is 34.9 Å². The van der Waals surface area contributed by atoms with Crippen LogP contribution in [0, 0.1) is 13.8 Å². The summed E-state index contributed by atoms with van der Waals surface area (Å²) in [6, 6.07) is 19.5. The molecule has 0 unspecified atom stereocenters. The summed E-state index contributed by atoms with van der Waals surface area (Å²) in [4.78, 5) is 30.2. The highest BCUT2D eigenvalue weighted by atomic mass is 16.5. The van der Waals surface area contributed by atoms with E-state index in [4.69, 9.17) is 14.7 Å². The quantitative estimate of drug-likeness (QED) is 0.221. The van der Waals surface area contributed by atoms with Gasteiger partial charge in [0, 0.05) is 46.0 Å². The summed E-state index contributed by atoms with van der Waals surface area (Å²) in [6.45, 7) is 13.2. The number of allylic oxidation sites excluding steroid dienone is 2. The SMILES string of the molecule is CCC1=C(C)c2cc3[nH]c(cc4nc(cc5[nH]c(cc1n2)c(CC)c5C)[C@H](C)[C@H]4c1ccccc1)c(CCC(=O)OC)c3C. The van der Waals surface area contributed by atoms with E-state index in [0.29, 0.717) is 12.8 Å². The van der Waals surface area contributed by atoms with E-state index in [1.807, 2.05) is 0 Å². The third kappa shape index (κ3) is 5.17. The van der Waals surface area contributed by atoms with Gasteiger partial charge in [-0.1, -0.05) is 51.1 Å². The highest BCUT2D eigenvalue weighted by Gasteiger charge is 2.30. The fraction of sp³-hybridized carbons (Fsp3) is 0.342. The lowest BCUT2D eigenvalue weighted by Crippen LogP contribution is -2.04. The minimum Gasteiger partial charge on any atom is -0.469 e. The highest BCUT2D eigenvalue weighted by molar-refractivity contribution is 5.93. The van der Waals surface area contributed by atoms with Crippen molar-refractivity contribution in [2.24, 2.45) is 0 Å². The van der Waals surface area contributed by atoms with E-state index in [2.05, 4.69) is 106 Å². The molecule has 0 saturated carbocycles. The molecule has 1 aromatic carbocycles. The van der Waals surface area contributed by atoms with E-state index in [9.17, 15) is 4.79 Å². The van der Waals surface area contributed by atoms with Gasteiger partial charge in [0.25, 0.3) is 0 Å². The molecule has 2 atom stereocenters. The Hall–Kier alpha value is -4.45. The van der Waals surface area contributed by atoms with Gasteiger partial charge in [0.15, 0.2) is 0 Å². The predicted molar refractivity (Wildman–Crippen MR) is 180 cm³/mol. The average Bonchev–Trinajstić information content (AvgIpc) is 3.69. The van der Waals surface area contributed by atoms with Gasteiger partial charge < -0.3 is 14.7 Å². The van der Waals surface area contributed by atoms with Crippen molar-refractivity contribution < 1.29 is 9.53 Å². The van der Waals surface area contributed by atoms with Crippen LogP contribution in [0.2, 0.25) is 0 Å². The van der Waals surface area contributed by atoms with Crippen molar-refractivity contribution in [1.82, 2.24) is 19.9 Å². The van der Waals surface area contributed by atoms with Crippen LogP contribution in [0.15, 0.2) is 54.6 Å². The number of carbonyl (C=O) groups is 1. The zero-order valence-corrected chi connectivity index (χ0v) is 26.9. The number of rotatable bonds is 6. The van der Waals surface area contributed by atoms with E-state index < -0.39 is 0 Å². The van der Waals surface area contributed by atoms with E-state index in [1.54, 1.807) is 0 Å². The van der Waals surface area contributed by atoms with Gasteiger partial charge in [-0.25, -0.2) is 4.98 Å². The van der Waals surface area contributed by atoms with Gasteiger partial charge >= 0.3 is 5.97 Å². The molecule has 2 aliphatic rings. The van der Waals surface area contributed by atoms with Crippen molar-refractivity contribution in [3.63, 3.8) is 0 Å². The summed E-state index contributed by atoms with van der Waals surface area (Å²) in [5.74, 6) is 0.0594. The van der Waals surface area contributed by atoms with Gasteiger partial charge in [-0.05, 0) is 103 Å². The summed E-state index contributed by atoms with van der Waals surface area (Å²) in [7, 11) is 1.44. The summed E-state index contributed by atoms with van der Waals surface area (Å²) < 4.78 is 5.00. The first-order valence-corrected chi connectivity index (χ1v) is 15.8. The second-order valence-corrected chi connectivity index (χ2v) is 12.1. The Morgan fingerprint density at radius 2 is 1.43 bits per heavy atom. The third-order valence-corrected chi connectivity index (χ3v) is 9.65. The van der Waals surface area contributed by atoms with Crippen LogP contribution in [-0.2, 0) is 22.4 Å². The number of H-pyrrole nitrogens is 2. The molecule has 0 aliphatic carbocycles. The zero-order valence-electron chi connectivity index (χ0n) is 26.9. The molecule has 8 bridgehead atoms. The van der Waals surface area contributed by atoms with E-state index >= 15 is 0 Å². The van der Waals surface area contributed by atoms with Crippen LogP contribution in [0.4, 0.5) is 0 Å². The number of methoxy groups -OCH3 is 1. The van der Waals surface area contributed by atoms with Crippen molar-refractivity contribution in [3.05, 3.63) is 105 Å². The number of hydrogen-bond acceptors (Lipinski definition) is 4. The number of ether oxygens (including phenoxy) is 1. The molecule has 226 valence electrons. The largest absolute Gasteiger partial charge is 0.469 e. The first-order valence-electron chi connectivity index (χ1n) is 15.8. The maximum atomic E-state index is 12.2. The molecule has 0 radical (unpaired) electrons.